The lowest BCUT2D eigenvalue weighted by Gasteiger charge is -2.04. The van der Waals surface area contributed by atoms with Gasteiger partial charge in [-0.25, -0.2) is 9.97 Å². The summed E-state index contributed by atoms with van der Waals surface area (Å²) in [5.41, 5.74) is 1.90. The van der Waals surface area contributed by atoms with Gasteiger partial charge in [-0.3, -0.25) is 0 Å². The van der Waals surface area contributed by atoms with E-state index in [9.17, 15) is 0 Å². The molecule has 19 heavy (non-hydrogen) atoms. The molecule has 2 aromatic rings. The summed E-state index contributed by atoms with van der Waals surface area (Å²) in [4.78, 5) is 8.54. The summed E-state index contributed by atoms with van der Waals surface area (Å²) in [5, 5.41) is 3.13. The number of aromatic nitrogens is 2. The molecule has 2 atom stereocenters. The van der Waals surface area contributed by atoms with Gasteiger partial charge >= 0.3 is 0 Å². The molecule has 2 heterocycles. The molecule has 5 nitrogen and oxygen atoms in total. The van der Waals surface area contributed by atoms with Crippen molar-refractivity contribution < 1.29 is 9.47 Å². The van der Waals surface area contributed by atoms with Crippen LogP contribution < -0.4 is 5.32 Å². The fourth-order valence-electron chi connectivity index (χ4n) is 1.83. The summed E-state index contributed by atoms with van der Waals surface area (Å²) >= 11 is 0. The molecular formula is C14H15N3O2. The molecule has 1 N–H and O–H groups in total. The van der Waals surface area contributed by atoms with Crippen molar-refractivity contribution in [3.05, 3.63) is 48.3 Å². The van der Waals surface area contributed by atoms with Crippen molar-refractivity contribution >= 4 is 11.6 Å². The van der Waals surface area contributed by atoms with Crippen LogP contribution in [0.4, 0.5) is 11.6 Å². The Bertz CT molecular complexity index is 530. The summed E-state index contributed by atoms with van der Waals surface area (Å²) in [6.45, 7) is 2.60. The number of anilines is 2. The van der Waals surface area contributed by atoms with Crippen LogP contribution in [0, 0.1) is 0 Å². The number of rotatable bonds is 5. The van der Waals surface area contributed by atoms with Crippen molar-refractivity contribution in [2.24, 2.45) is 0 Å². The molecule has 1 aliphatic heterocycles. The topological polar surface area (TPSA) is 59.6 Å². The van der Waals surface area contributed by atoms with E-state index in [1.54, 1.807) is 12.4 Å². The molecular weight excluding hydrogens is 242 g/mol. The van der Waals surface area contributed by atoms with E-state index in [4.69, 9.17) is 9.47 Å². The molecule has 0 amide bonds. The Labute approximate surface area is 111 Å². The van der Waals surface area contributed by atoms with Crippen molar-refractivity contribution in [2.45, 2.75) is 19.3 Å². The molecule has 0 saturated carbocycles. The largest absolute Gasteiger partial charge is 0.350 e. The first kappa shape index (κ1) is 12.1. The van der Waals surface area contributed by atoms with Crippen LogP contribution >= 0.6 is 0 Å². The zero-order chi connectivity index (χ0) is 13.1. The van der Waals surface area contributed by atoms with Gasteiger partial charge in [0.15, 0.2) is 6.29 Å². The number of epoxide rings is 1. The number of hydrogen-bond donors (Lipinski definition) is 1. The first-order valence-electron chi connectivity index (χ1n) is 6.28. The zero-order valence-corrected chi connectivity index (χ0v) is 10.6. The SMILES string of the molecule is CCOC1OC1c1cnc(Nc2ccccc2)nc1. The minimum atomic E-state index is -0.137. The van der Waals surface area contributed by atoms with E-state index < -0.39 is 0 Å². The molecule has 2 unspecified atom stereocenters. The van der Waals surface area contributed by atoms with Gasteiger partial charge in [-0.2, -0.15) is 0 Å². The maximum absolute atomic E-state index is 5.38. The lowest BCUT2D eigenvalue weighted by atomic mass is 10.2. The fraction of sp³-hybridized carbons (Fsp3) is 0.286. The number of nitrogens with one attached hydrogen (secondary N) is 1. The number of nitrogens with zero attached hydrogens (tertiary/aromatic N) is 2. The van der Waals surface area contributed by atoms with Gasteiger partial charge in [-0.1, -0.05) is 18.2 Å². The molecule has 5 heteroatoms. The van der Waals surface area contributed by atoms with Crippen LogP contribution in [0.15, 0.2) is 42.7 Å². The van der Waals surface area contributed by atoms with E-state index in [1.807, 2.05) is 37.3 Å². The Hall–Kier alpha value is -1.98. The smallest absolute Gasteiger partial charge is 0.227 e. The van der Waals surface area contributed by atoms with Crippen LogP contribution in [-0.2, 0) is 9.47 Å². The highest BCUT2D eigenvalue weighted by Gasteiger charge is 2.41. The maximum atomic E-state index is 5.38. The van der Waals surface area contributed by atoms with Crippen LogP contribution in [0.2, 0.25) is 0 Å². The third kappa shape index (κ3) is 2.89. The summed E-state index contributed by atoms with van der Waals surface area (Å²) in [7, 11) is 0. The number of benzene rings is 1. The van der Waals surface area contributed by atoms with Crippen molar-refractivity contribution in [1.29, 1.82) is 0 Å². The minimum absolute atomic E-state index is 0.0225. The van der Waals surface area contributed by atoms with Crippen molar-refractivity contribution in [3.8, 4) is 0 Å². The van der Waals surface area contributed by atoms with E-state index in [-0.39, 0.29) is 12.4 Å². The molecule has 3 rings (SSSR count). The van der Waals surface area contributed by atoms with Crippen LogP contribution in [0.25, 0.3) is 0 Å². The molecule has 1 aromatic carbocycles. The Morgan fingerprint density at radius 1 is 1.21 bits per heavy atom. The first-order valence-corrected chi connectivity index (χ1v) is 6.28. The van der Waals surface area contributed by atoms with E-state index in [0.717, 1.165) is 11.3 Å². The predicted octanol–water partition coefficient (Wildman–Crippen LogP) is 2.65. The molecule has 1 aromatic heterocycles. The molecule has 1 aliphatic rings. The standard InChI is InChI=1S/C14H15N3O2/c1-2-18-13-12(19-13)10-8-15-14(16-9-10)17-11-6-4-3-5-7-11/h3-9,12-13H,2H2,1H3,(H,15,16,17). The van der Waals surface area contributed by atoms with Gasteiger partial charge in [-0.15, -0.1) is 0 Å². The first-order chi connectivity index (χ1) is 9.36. The Kier molecular flexibility index (Phi) is 3.39. The quantitative estimate of drug-likeness (QED) is 0.834. The molecule has 0 spiro atoms. The second-order valence-corrected chi connectivity index (χ2v) is 4.21. The van der Waals surface area contributed by atoms with Crippen LogP contribution in [0.1, 0.15) is 18.6 Å². The van der Waals surface area contributed by atoms with E-state index in [1.165, 1.54) is 0 Å². The lowest BCUT2D eigenvalue weighted by molar-refractivity contribution is 0.0593. The molecule has 0 aliphatic carbocycles. The Morgan fingerprint density at radius 3 is 2.63 bits per heavy atom. The van der Waals surface area contributed by atoms with Gasteiger partial charge in [0.1, 0.15) is 6.10 Å². The number of para-hydroxylation sites is 1. The van der Waals surface area contributed by atoms with Gasteiger partial charge in [0, 0.05) is 30.3 Å². The highest BCUT2D eigenvalue weighted by atomic mass is 16.8. The second-order valence-electron chi connectivity index (χ2n) is 4.21. The molecule has 0 bridgehead atoms. The molecule has 1 fully saturated rings. The predicted molar refractivity (Wildman–Crippen MR) is 71.0 cm³/mol. The zero-order valence-electron chi connectivity index (χ0n) is 10.6. The summed E-state index contributed by atoms with van der Waals surface area (Å²) in [6.07, 6.45) is 3.37. The monoisotopic (exact) mass is 257 g/mol. The van der Waals surface area contributed by atoms with Gasteiger partial charge in [0.25, 0.3) is 0 Å². The summed E-state index contributed by atoms with van der Waals surface area (Å²) in [6, 6.07) is 9.81. The van der Waals surface area contributed by atoms with E-state index in [0.29, 0.717) is 12.6 Å². The third-order valence-electron chi connectivity index (χ3n) is 2.81. The van der Waals surface area contributed by atoms with Crippen molar-refractivity contribution in [3.63, 3.8) is 0 Å². The van der Waals surface area contributed by atoms with E-state index >= 15 is 0 Å². The lowest BCUT2D eigenvalue weighted by Crippen LogP contribution is -1.99. The molecule has 1 saturated heterocycles. The highest BCUT2D eigenvalue weighted by molar-refractivity contribution is 5.52. The Balaban J connectivity index is 1.64. The van der Waals surface area contributed by atoms with Crippen LogP contribution in [-0.4, -0.2) is 22.9 Å². The Morgan fingerprint density at radius 2 is 1.95 bits per heavy atom. The number of hydrogen-bond acceptors (Lipinski definition) is 5. The van der Waals surface area contributed by atoms with E-state index in [2.05, 4.69) is 15.3 Å². The highest BCUT2D eigenvalue weighted by Crippen LogP contribution is 2.38. The van der Waals surface area contributed by atoms with Gasteiger partial charge in [-0.05, 0) is 19.1 Å². The normalized spacial score (nSPS) is 21.1. The van der Waals surface area contributed by atoms with Crippen molar-refractivity contribution in [1.82, 2.24) is 9.97 Å². The van der Waals surface area contributed by atoms with Gasteiger partial charge in [0.2, 0.25) is 5.95 Å². The van der Waals surface area contributed by atoms with Crippen LogP contribution in [0.5, 0.6) is 0 Å². The van der Waals surface area contributed by atoms with Gasteiger partial charge in [0.05, 0.1) is 0 Å². The van der Waals surface area contributed by atoms with Gasteiger partial charge < -0.3 is 14.8 Å². The maximum Gasteiger partial charge on any atom is 0.227 e. The average molecular weight is 257 g/mol. The number of ether oxygens (including phenoxy) is 2. The average Bonchev–Trinajstić information content (AvgIpc) is 3.21. The molecule has 0 radical (unpaired) electrons. The third-order valence-corrected chi connectivity index (χ3v) is 2.81. The summed E-state index contributed by atoms with van der Waals surface area (Å²) in [5.74, 6) is 0.573. The molecule has 98 valence electrons. The summed E-state index contributed by atoms with van der Waals surface area (Å²) < 4.78 is 10.7. The fourth-order valence-corrected chi connectivity index (χ4v) is 1.83. The van der Waals surface area contributed by atoms with Crippen LogP contribution in [0.3, 0.4) is 0 Å². The second kappa shape index (κ2) is 5.34. The van der Waals surface area contributed by atoms with Crippen molar-refractivity contribution in [2.75, 3.05) is 11.9 Å². The minimum Gasteiger partial charge on any atom is -0.350 e.